The maximum Gasteiger partial charge on any atom is -0.0126 e. The maximum atomic E-state index is 2.54. The van der Waals surface area contributed by atoms with E-state index in [4.69, 9.17) is 0 Å². The largest absolute Gasteiger partial charge is 0.0625 e. The van der Waals surface area contributed by atoms with E-state index in [1.807, 2.05) is 0 Å². The third kappa shape index (κ3) is 3.92. The van der Waals surface area contributed by atoms with Crippen LogP contribution in [0.4, 0.5) is 0 Å². The molecule has 0 saturated heterocycles. The van der Waals surface area contributed by atoms with E-state index in [-0.39, 0.29) is 7.92 Å². The average Bonchev–Trinajstić information content (AvgIpc) is 2.63. The molecule has 3 atom stereocenters. The van der Waals surface area contributed by atoms with Gasteiger partial charge in [0.2, 0.25) is 0 Å². The minimum atomic E-state index is -0.286. The van der Waals surface area contributed by atoms with Gasteiger partial charge in [-0.2, -0.15) is 0 Å². The first-order valence-corrected chi connectivity index (χ1v) is 11.0. The second kappa shape index (κ2) is 8.30. The van der Waals surface area contributed by atoms with Crippen LogP contribution in [0.1, 0.15) is 46.5 Å². The van der Waals surface area contributed by atoms with Gasteiger partial charge in [0, 0.05) is 0 Å². The highest BCUT2D eigenvalue weighted by Crippen LogP contribution is 2.49. The van der Waals surface area contributed by atoms with Crippen molar-refractivity contribution in [3.05, 3.63) is 60.7 Å². The van der Waals surface area contributed by atoms with Crippen LogP contribution in [0.5, 0.6) is 0 Å². The van der Waals surface area contributed by atoms with Gasteiger partial charge < -0.3 is 0 Å². The normalized spacial score (nSPS) is 22.7. The lowest BCUT2D eigenvalue weighted by Crippen LogP contribution is -2.34. The highest BCUT2D eigenvalue weighted by molar-refractivity contribution is 7.73. The van der Waals surface area contributed by atoms with Crippen molar-refractivity contribution in [3.8, 4) is 0 Å². The molecule has 1 aliphatic rings. The van der Waals surface area contributed by atoms with E-state index in [0.29, 0.717) is 0 Å². The van der Waals surface area contributed by atoms with E-state index in [1.54, 1.807) is 10.6 Å². The quantitative estimate of drug-likeness (QED) is 0.589. The summed E-state index contributed by atoms with van der Waals surface area (Å²) in [5.41, 5.74) is 0.748. The lowest BCUT2D eigenvalue weighted by Gasteiger charge is -2.41. The molecule has 1 aliphatic carbocycles. The van der Waals surface area contributed by atoms with Crippen LogP contribution in [0.2, 0.25) is 0 Å². The van der Waals surface area contributed by atoms with Gasteiger partial charge in [-0.15, -0.1) is 0 Å². The van der Waals surface area contributed by atoms with Gasteiger partial charge in [0.15, 0.2) is 0 Å². The summed E-state index contributed by atoms with van der Waals surface area (Å²) in [5, 5.41) is 3.08. The van der Waals surface area contributed by atoms with Gasteiger partial charge in [0.25, 0.3) is 0 Å². The van der Waals surface area contributed by atoms with Crippen molar-refractivity contribution in [2.75, 3.05) is 0 Å². The highest BCUT2D eigenvalue weighted by Gasteiger charge is 2.35. The van der Waals surface area contributed by atoms with Crippen LogP contribution in [0.3, 0.4) is 0 Å². The summed E-state index contributed by atoms with van der Waals surface area (Å²) < 4.78 is 0. The first kappa shape index (κ1) is 17.7. The van der Waals surface area contributed by atoms with Gasteiger partial charge in [0.05, 0.1) is 0 Å². The van der Waals surface area contributed by atoms with Crippen molar-refractivity contribution >= 4 is 18.5 Å². The molecular formula is C23H31P. The van der Waals surface area contributed by atoms with Crippen molar-refractivity contribution < 1.29 is 0 Å². The second-order valence-corrected chi connectivity index (χ2v) is 10.2. The van der Waals surface area contributed by atoms with Gasteiger partial charge in [-0.25, -0.2) is 0 Å². The summed E-state index contributed by atoms with van der Waals surface area (Å²) in [5.74, 6) is 2.57. The number of hydrogen-bond donors (Lipinski definition) is 0. The van der Waals surface area contributed by atoms with Crippen molar-refractivity contribution in [1.82, 2.24) is 0 Å². The van der Waals surface area contributed by atoms with E-state index >= 15 is 0 Å². The molecule has 0 amide bonds. The van der Waals surface area contributed by atoms with Crippen molar-refractivity contribution in [2.45, 2.75) is 52.1 Å². The zero-order valence-electron chi connectivity index (χ0n) is 15.4. The van der Waals surface area contributed by atoms with E-state index in [1.165, 1.54) is 25.7 Å². The summed E-state index contributed by atoms with van der Waals surface area (Å²) in [7, 11) is -0.286. The monoisotopic (exact) mass is 338 g/mol. The van der Waals surface area contributed by atoms with Gasteiger partial charge in [-0.3, -0.25) is 0 Å². The Bertz CT molecular complexity index is 565. The Kier molecular flexibility index (Phi) is 6.12. The summed E-state index contributed by atoms with van der Waals surface area (Å²) in [6.07, 6.45) is 5.70. The standard InChI is InChI=1S/C23H31P/c1-18(2)22-16-10-11-17-23(22)19(3)24(20-12-6-4-7-13-20)21-14-8-5-9-15-21/h4-9,12-15,18-19,22-23H,10-11,16-17H2,1-3H3/t19?,22-,23-/m1/s1. The lowest BCUT2D eigenvalue weighted by atomic mass is 9.72. The minimum absolute atomic E-state index is 0.286. The number of benzene rings is 2. The molecule has 0 radical (unpaired) electrons. The fourth-order valence-electron chi connectivity index (χ4n) is 4.60. The molecule has 2 aromatic rings. The Morgan fingerprint density at radius 3 is 1.62 bits per heavy atom. The van der Waals surface area contributed by atoms with Crippen LogP contribution in [0.15, 0.2) is 60.7 Å². The fraction of sp³-hybridized carbons (Fsp3) is 0.478. The molecule has 24 heavy (non-hydrogen) atoms. The molecule has 0 nitrogen and oxygen atoms in total. The predicted octanol–water partition coefficient (Wildman–Crippen LogP) is 5.97. The van der Waals surface area contributed by atoms with Crippen LogP contribution in [-0.4, -0.2) is 5.66 Å². The molecule has 0 bridgehead atoms. The van der Waals surface area contributed by atoms with Crippen LogP contribution in [0.25, 0.3) is 0 Å². The van der Waals surface area contributed by atoms with Crippen molar-refractivity contribution in [2.24, 2.45) is 17.8 Å². The molecule has 3 rings (SSSR count). The molecule has 1 heteroatoms. The first-order valence-electron chi connectivity index (χ1n) is 9.58. The molecule has 1 unspecified atom stereocenters. The molecule has 0 spiro atoms. The Hall–Kier alpha value is -1.13. The van der Waals surface area contributed by atoms with Crippen molar-refractivity contribution in [1.29, 1.82) is 0 Å². The minimum Gasteiger partial charge on any atom is -0.0625 e. The zero-order chi connectivity index (χ0) is 16.9. The molecule has 2 aromatic carbocycles. The molecular weight excluding hydrogens is 307 g/mol. The Morgan fingerprint density at radius 1 is 0.708 bits per heavy atom. The maximum absolute atomic E-state index is 2.54. The molecule has 128 valence electrons. The predicted molar refractivity (Wildman–Crippen MR) is 109 cm³/mol. The summed E-state index contributed by atoms with van der Waals surface area (Å²) in [6.45, 7) is 7.41. The van der Waals surface area contributed by atoms with E-state index in [9.17, 15) is 0 Å². The zero-order valence-corrected chi connectivity index (χ0v) is 16.3. The van der Waals surface area contributed by atoms with Crippen molar-refractivity contribution in [3.63, 3.8) is 0 Å². The molecule has 1 saturated carbocycles. The van der Waals surface area contributed by atoms with Crippen LogP contribution < -0.4 is 10.6 Å². The van der Waals surface area contributed by atoms with E-state index < -0.39 is 0 Å². The topological polar surface area (TPSA) is 0 Å². The molecule has 0 heterocycles. The third-order valence-electron chi connectivity index (χ3n) is 5.83. The molecule has 1 fully saturated rings. The van der Waals surface area contributed by atoms with Crippen LogP contribution in [-0.2, 0) is 0 Å². The van der Waals surface area contributed by atoms with Crippen LogP contribution >= 0.6 is 7.92 Å². The van der Waals surface area contributed by atoms with Gasteiger partial charge in [-0.1, -0.05) is 94.3 Å². The van der Waals surface area contributed by atoms with Gasteiger partial charge in [-0.05, 0) is 54.8 Å². The van der Waals surface area contributed by atoms with E-state index in [0.717, 1.165) is 23.4 Å². The fourth-order valence-corrected chi connectivity index (χ4v) is 7.58. The van der Waals surface area contributed by atoms with E-state index in [2.05, 4.69) is 81.4 Å². The molecule has 0 aromatic heterocycles. The number of hydrogen-bond acceptors (Lipinski definition) is 0. The SMILES string of the molecule is CC(C)[C@H]1CCCC[C@@H]1C(C)P(c1ccccc1)c1ccccc1. The third-order valence-corrected chi connectivity index (χ3v) is 8.73. The second-order valence-electron chi connectivity index (χ2n) is 7.64. The Labute approximate surface area is 149 Å². The highest BCUT2D eigenvalue weighted by atomic mass is 31.1. The summed E-state index contributed by atoms with van der Waals surface area (Å²) in [6, 6.07) is 22.5. The van der Waals surface area contributed by atoms with Gasteiger partial charge in [0.1, 0.15) is 0 Å². The van der Waals surface area contributed by atoms with Gasteiger partial charge >= 0.3 is 0 Å². The molecule has 0 N–H and O–H groups in total. The average molecular weight is 338 g/mol. The lowest BCUT2D eigenvalue weighted by molar-refractivity contribution is 0.179. The summed E-state index contributed by atoms with van der Waals surface area (Å²) in [4.78, 5) is 0. The Balaban J connectivity index is 1.95. The first-order chi connectivity index (χ1) is 11.7. The Morgan fingerprint density at radius 2 is 1.17 bits per heavy atom. The summed E-state index contributed by atoms with van der Waals surface area (Å²) >= 11 is 0. The number of rotatable bonds is 5. The smallest absolute Gasteiger partial charge is 0.0126 e. The van der Waals surface area contributed by atoms with Crippen LogP contribution in [0, 0.1) is 17.8 Å². The molecule has 0 aliphatic heterocycles.